The minimum atomic E-state index is 0.634. The molecule has 0 saturated carbocycles. The molecular weight excluding hydrogens is 198 g/mol. The minimum absolute atomic E-state index is 0.634. The Bertz CT molecular complexity index is 394. The van der Waals surface area contributed by atoms with Gasteiger partial charge in [-0.05, 0) is 45.7 Å². The van der Waals surface area contributed by atoms with Crippen LogP contribution in [0.1, 0.15) is 35.8 Å². The Labute approximate surface area is 96.9 Å². The normalized spacial score (nSPS) is 33.0. The van der Waals surface area contributed by atoms with Gasteiger partial charge in [0.1, 0.15) is 0 Å². The molecule has 4 heterocycles. The van der Waals surface area contributed by atoms with Crippen molar-refractivity contribution in [2.45, 2.75) is 32.6 Å². The predicted molar refractivity (Wildman–Crippen MR) is 63.4 cm³/mol. The lowest BCUT2D eigenvalue weighted by Crippen LogP contribution is -2.46. The zero-order valence-electron chi connectivity index (χ0n) is 10.1. The average Bonchev–Trinajstić information content (AvgIpc) is 2.34. The van der Waals surface area contributed by atoms with Gasteiger partial charge < -0.3 is 4.90 Å². The fourth-order valence-electron chi connectivity index (χ4n) is 3.18. The zero-order chi connectivity index (χ0) is 11.1. The third-order valence-electron chi connectivity index (χ3n) is 4.12. The lowest BCUT2D eigenvalue weighted by molar-refractivity contribution is 0.0849. The summed E-state index contributed by atoms with van der Waals surface area (Å²) >= 11 is 0. The predicted octanol–water partition coefficient (Wildman–Crippen LogP) is 1.90. The highest BCUT2D eigenvalue weighted by Crippen LogP contribution is 2.38. The fraction of sp³-hybridized carbons (Fsp3) is 0.692. The second-order valence-corrected chi connectivity index (χ2v) is 5.23. The summed E-state index contributed by atoms with van der Waals surface area (Å²) in [6, 6.07) is 0. The van der Waals surface area contributed by atoms with Gasteiger partial charge in [0.25, 0.3) is 0 Å². The lowest BCUT2D eigenvalue weighted by Gasteiger charge is -2.44. The van der Waals surface area contributed by atoms with Crippen LogP contribution in [0.5, 0.6) is 0 Å². The second kappa shape index (κ2) is 3.81. The molecule has 0 N–H and O–H groups in total. The van der Waals surface area contributed by atoms with Crippen LogP contribution < -0.4 is 0 Å². The van der Waals surface area contributed by atoms with E-state index in [1.807, 2.05) is 13.1 Å². The Morgan fingerprint density at radius 3 is 2.62 bits per heavy atom. The molecule has 0 aromatic carbocycles. The van der Waals surface area contributed by atoms with Gasteiger partial charge >= 0.3 is 0 Å². The van der Waals surface area contributed by atoms with Crippen LogP contribution in [-0.2, 0) is 0 Å². The summed E-state index contributed by atoms with van der Waals surface area (Å²) in [6.45, 7) is 7.92. The van der Waals surface area contributed by atoms with Crippen LogP contribution in [-0.4, -0.2) is 34.5 Å². The van der Waals surface area contributed by atoms with Crippen LogP contribution in [0, 0.1) is 19.8 Å². The summed E-state index contributed by atoms with van der Waals surface area (Å²) in [5.74, 6) is 1.48. The summed E-state index contributed by atoms with van der Waals surface area (Å²) in [6.07, 6.45) is 4.57. The van der Waals surface area contributed by atoms with E-state index < -0.39 is 0 Å². The lowest BCUT2D eigenvalue weighted by atomic mass is 9.77. The summed E-state index contributed by atoms with van der Waals surface area (Å²) in [7, 11) is 0. The van der Waals surface area contributed by atoms with Crippen LogP contribution >= 0.6 is 0 Å². The van der Waals surface area contributed by atoms with E-state index in [0.717, 1.165) is 17.3 Å². The van der Waals surface area contributed by atoms with E-state index in [1.165, 1.54) is 38.2 Å². The van der Waals surface area contributed by atoms with Crippen molar-refractivity contribution in [1.82, 2.24) is 14.9 Å². The van der Waals surface area contributed by atoms with Crippen molar-refractivity contribution < 1.29 is 0 Å². The Morgan fingerprint density at radius 2 is 2.00 bits per heavy atom. The Hall–Kier alpha value is -0.960. The van der Waals surface area contributed by atoms with Gasteiger partial charge in [-0.2, -0.15) is 0 Å². The SMILES string of the molecule is Cc1cnc(C)c(C2CN3CCC2CC3)n1. The molecule has 0 radical (unpaired) electrons. The first kappa shape index (κ1) is 10.2. The number of nitrogens with zero attached hydrogens (tertiary/aromatic N) is 3. The molecule has 3 nitrogen and oxygen atoms in total. The molecule has 3 fully saturated rings. The average molecular weight is 217 g/mol. The molecule has 3 heteroatoms. The smallest absolute Gasteiger partial charge is 0.0665 e. The third-order valence-corrected chi connectivity index (χ3v) is 4.12. The van der Waals surface area contributed by atoms with Crippen molar-refractivity contribution in [3.63, 3.8) is 0 Å². The van der Waals surface area contributed by atoms with Crippen molar-refractivity contribution in [3.05, 3.63) is 23.3 Å². The summed E-state index contributed by atoms with van der Waals surface area (Å²) in [5, 5.41) is 0. The number of piperidine rings is 3. The number of hydrogen-bond acceptors (Lipinski definition) is 3. The van der Waals surface area contributed by atoms with Gasteiger partial charge in [0.05, 0.1) is 17.1 Å². The Morgan fingerprint density at radius 1 is 1.25 bits per heavy atom. The van der Waals surface area contributed by atoms with Crippen LogP contribution in [0.25, 0.3) is 0 Å². The van der Waals surface area contributed by atoms with E-state index in [9.17, 15) is 0 Å². The molecule has 1 aromatic rings. The van der Waals surface area contributed by atoms with Gasteiger partial charge in [-0.25, -0.2) is 0 Å². The molecular formula is C13H19N3. The van der Waals surface area contributed by atoms with Crippen molar-refractivity contribution in [1.29, 1.82) is 0 Å². The second-order valence-electron chi connectivity index (χ2n) is 5.23. The van der Waals surface area contributed by atoms with Gasteiger partial charge in [0.2, 0.25) is 0 Å². The number of aryl methyl sites for hydroxylation is 2. The molecule has 3 aliphatic heterocycles. The Kier molecular flexibility index (Phi) is 2.43. The van der Waals surface area contributed by atoms with E-state index in [-0.39, 0.29) is 0 Å². The molecule has 0 spiro atoms. The largest absolute Gasteiger partial charge is 0.303 e. The molecule has 3 saturated heterocycles. The van der Waals surface area contributed by atoms with E-state index >= 15 is 0 Å². The maximum absolute atomic E-state index is 4.73. The van der Waals surface area contributed by atoms with E-state index in [0.29, 0.717) is 5.92 Å². The maximum atomic E-state index is 4.73. The molecule has 4 rings (SSSR count). The highest BCUT2D eigenvalue weighted by Gasteiger charge is 2.36. The van der Waals surface area contributed by atoms with Crippen LogP contribution in [0.2, 0.25) is 0 Å². The molecule has 1 atom stereocenters. The number of rotatable bonds is 1. The van der Waals surface area contributed by atoms with Crippen LogP contribution in [0.3, 0.4) is 0 Å². The highest BCUT2D eigenvalue weighted by molar-refractivity contribution is 5.20. The number of aromatic nitrogens is 2. The first-order valence-corrected chi connectivity index (χ1v) is 6.26. The van der Waals surface area contributed by atoms with Crippen molar-refractivity contribution >= 4 is 0 Å². The number of hydrogen-bond donors (Lipinski definition) is 0. The van der Waals surface area contributed by atoms with Gasteiger partial charge in [-0.15, -0.1) is 0 Å². The van der Waals surface area contributed by atoms with Crippen LogP contribution in [0.4, 0.5) is 0 Å². The molecule has 1 aromatic heterocycles. The summed E-state index contributed by atoms with van der Waals surface area (Å²) in [5.41, 5.74) is 3.44. The summed E-state index contributed by atoms with van der Waals surface area (Å²) < 4.78 is 0. The Balaban J connectivity index is 1.94. The molecule has 3 aliphatic rings. The van der Waals surface area contributed by atoms with Crippen molar-refractivity contribution in [2.24, 2.45) is 5.92 Å². The molecule has 0 aliphatic carbocycles. The molecule has 1 unspecified atom stereocenters. The van der Waals surface area contributed by atoms with Gasteiger partial charge in [-0.3, -0.25) is 9.97 Å². The van der Waals surface area contributed by atoms with E-state index in [4.69, 9.17) is 4.98 Å². The van der Waals surface area contributed by atoms with Crippen molar-refractivity contribution in [3.8, 4) is 0 Å². The summed E-state index contributed by atoms with van der Waals surface area (Å²) in [4.78, 5) is 11.8. The third kappa shape index (κ3) is 1.63. The van der Waals surface area contributed by atoms with E-state index in [2.05, 4.69) is 16.8 Å². The van der Waals surface area contributed by atoms with Gasteiger partial charge in [0, 0.05) is 18.7 Å². The van der Waals surface area contributed by atoms with Gasteiger partial charge in [-0.1, -0.05) is 0 Å². The first-order chi connectivity index (χ1) is 7.74. The molecule has 86 valence electrons. The zero-order valence-corrected chi connectivity index (χ0v) is 10.1. The first-order valence-electron chi connectivity index (χ1n) is 6.26. The topological polar surface area (TPSA) is 29.0 Å². The molecule has 2 bridgehead atoms. The highest BCUT2D eigenvalue weighted by atomic mass is 15.2. The monoisotopic (exact) mass is 217 g/mol. The quantitative estimate of drug-likeness (QED) is 0.719. The fourth-order valence-corrected chi connectivity index (χ4v) is 3.18. The van der Waals surface area contributed by atoms with Crippen molar-refractivity contribution in [2.75, 3.05) is 19.6 Å². The van der Waals surface area contributed by atoms with Gasteiger partial charge in [0.15, 0.2) is 0 Å². The van der Waals surface area contributed by atoms with Crippen LogP contribution in [0.15, 0.2) is 6.20 Å². The maximum Gasteiger partial charge on any atom is 0.0665 e. The molecule has 0 amide bonds. The standard InChI is InChI=1S/C13H19N3/c1-9-7-14-10(2)13(15-9)12-8-16-5-3-11(12)4-6-16/h7,11-12H,3-6,8H2,1-2H3. The minimum Gasteiger partial charge on any atom is -0.303 e. The molecule has 16 heavy (non-hydrogen) atoms. The van der Waals surface area contributed by atoms with E-state index in [1.54, 1.807) is 0 Å². The number of fused-ring (bicyclic) bond motifs is 3.